The van der Waals surface area contributed by atoms with Crippen LogP contribution in [-0.4, -0.2) is 17.4 Å². The number of hydrogen-bond donors (Lipinski definition) is 1. The molecule has 0 aromatic heterocycles. The number of unbranched alkanes of at least 4 members (excludes halogenated alkanes) is 15. The highest BCUT2D eigenvalue weighted by molar-refractivity contribution is 5.57. The van der Waals surface area contributed by atoms with Crippen LogP contribution in [0, 0.1) is 0 Å². The second kappa shape index (κ2) is 20.6. The molecule has 0 radical (unpaired) electrons. The number of rotatable bonds is 20. The van der Waals surface area contributed by atoms with E-state index in [0.717, 1.165) is 25.7 Å². The van der Waals surface area contributed by atoms with Crippen molar-refractivity contribution in [2.24, 2.45) is 0 Å². The van der Waals surface area contributed by atoms with Crippen molar-refractivity contribution in [2.45, 2.75) is 142 Å². The molecule has 3 heteroatoms. The van der Waals surface area contributed by atoms with Gasteiger partial charge in [0.15, 0.2) is 0 Å². The van der Waals surface area contributed by atoms with E-state index in [-0.39, 0.29) is 6.10 Å². The third kappa shape index (κ3) is 19.6. The van der Waals surface area contributed by atoms with Crippen LogP contribution in [0.1, 0.15) is 136 Å². The summed E-state index contributed by atoms with van der Waals surface area (Å²) >= 11 is 0. The molecule has 0 aromatic rings. The van der Waals surface area contributed by atoms with E-state index in [2.05, 4.69) is 13.8 Å². The summed E-state index contributed by atoms with van der Waals surface area (Å²) in [4.78, 5) is 10.9. The third-order valence-corrected chi connectivity index (χ3v) is 5.28. The quantitative estimate of drug-likeness (QED) is 0.172. The smallest absolute Gasteiger partial charge is 0.450 e. The molecule has 0 spiro atoms. The van der Waals surface area contributed by atoms with Gasteiger partial charge in [0.1, 0.15) is 6.10 Å². The fourth-order valence-corrected chi connectivity index (χ4v) is 3.59. The second-order valence-corrected chi connectivity index (χ2v) is 7.89. The van der Waals surface area contributed by atoms with Gasteiger partial charge in [-0.05, 0) is 25.7 Å². The first kappa shape index (κ1) is 25.3. The zero-order chi connectivity index (χ0) is 19.3. The number of ether oxygens (including phenoxy) is 1. The van der Waals surface area contributed by atoms with E-state index >= 15 is 0 Å². The summed E-state index contributed by atoms with van der Waals surface area (Å²) in [5, 5.41) is 8.93. The number of hydrogen-bond acceptors (Lipinski definition) is 2. The minimum absolute atomic E-state index is 0.0860. The largest absolute Gasteiger partial charge is 0.506 e. The highest BCUT2D eigenvalue weighted by Crippen LogP contribution is 2.17. The summed E-state index contributed by atoms with van der Waals surface area (Å²) in [6, 6.07) is 0. The minimum atomic E-state index is -1.11. The summed E-state index contributed by atoms with van der Waals surface area (Å²) in [7, 11) is 0. The average molecular weight is 371 g/mol. The van der Waals surface area contributed by atoms with Gasteiger partial charge in [-0.2, -0.15) is 0 Å². The Hall–Kier alpha value is -0.730. The van der Waals surface area contributed by atoms with Gasteiger partial charge in [-0.1, -0.05) is 110 Å². The van der Waals surface area contributed by atoms with Gasteiger partial charge in [-0.25, -0.2) is 4.79 Å². The molecule has 0 aliphatic rings. The molecular formula is C23H46O3. The van der Waals surface area contributed by atoms with Crippen molar-refractivity contribution in [3.05, 3.63) is 0 Å². The molecule has 0 bridgehead atoms. The molecule has 0 saturated carbocycles. The maximum absolute atomic E-state index is 10.9. The zero-order valence-corrected chi connectivity index (χ0v) is 17.8. The van der Waals surface area contributed by atoms with Gasteiger partial charge in [0.2, 0.25) is 0 Å². The van der Waals surface area contributed by atoms with Gasteiger partial charge < -0.3 is 9.84 Å². The Balaban J connectivity index is 3.59. The van der Waals surface area contributed by atoms with E-state index in [0.29, 0.717) is 0 Å². The summed E-state index contributed by atoms with van der Waals surface area (Å²) in [6.07, 6.45) is 22.6. The van der Waals surface area contributed by atoms with Crippen molar-refractivity contribution in [2.75, 3.05) is 0 Å². The molecule has 0 rings (SSSR count). The van der Waals surface area contributed by atoms with Crippen LogP contribution in [0.5, 0.6) is 0 Å². The van der Waals surface area contributed by atoms with Crippen LogP contribution in [0.4, 0.5) is 4.79 Å². The Bertz CT molecular complexity index is 291. The predicted molar refractivity (Wildman–Crippen MR) is 112 cm³/mol. The molecule has 0 fully saturated rings. The molecule has 26 heavy (non-hydrogen) atoms. The molecule has 1 N–H and O–H groups in total. The third-order valence-electron chi connectivity index (χ3n) is 5.28. The predicted octanol–water partition coefficient (Wildman–Crippen LogP) is 8.50. The Labute approximate surface area is 163 Å². The summed E-state index contributed by atoms with van der Waals surface area (Å²) < 4.78 is 5.10. The summed E-state index contributed by atoms with van der Waals surface area (Å²) in [5.74, 6) is 0. The molecule has 156 valence electrons. The molecule has 1 unspecified atom stereocenters. The van der Waals surface area contributed by atoms with Crippen LogP contribution in [-0.2, 0) is 4.74 Å². The Kier molecular flexibility index (Phi) is 20.0. The number of carbonyl (C=O) groups is 1. The lowest BCUT2D eigenvalue weighted by molar-refractivity contribution is 0.0422. The van der Waals surface area contributed by atoms with E-state index in [1.165, 1.54) is 96.3 Å². The van der Waals surface area contributed by atoms with E-state index in [4.69, 9.17) is 9.84 Å². The van der Waals surface area contributed by atoms with Crippen LogP contribution in [0.15, 0.2) is 0 Å². The van der Waals surface area contributed by atoms with Gasteiger partial charge >= 0.3 is 6.16 Å². The molecule has 0 aliphatic carbocycles. The molecule has 0 amide bonds. The first-order valence-electron chi connectivity index (χ1n) is 11.6. The van der Waals surface area contributed by atoms with Crippen molar-refractivity contribution in [1.82, 2.24) is 0 Å². The standard InChI is InChI=1S/C23H46O3/c1-3-5-7-9-11-13-15-17-19-21-22(26-23(24)25)20-18-16-14-12-10-8-6-4-2/h22H,3-21H2,1-2H3,(H,24,25). The number of carboxylic acid groups (broad SMARTS) is 1. The van der Waals surface area contributed by atoms with Crippen molar-refractivity contribution >= 4 is 6.16 Å². The van der Waals surface area contributed by atoms with Crippen molar-refractivity contribution in [3.8, 4) is 0 Å². The fourth-order valence-electron chi connectivity index (χ4n) is 3.59. The Morgan fingerprint density at radius 2 is 0.923 bits per heavy atom. The lowest BCUT2D eigenvalue weighted by Gasteiger charge is -2.16. The Morgan fingerprint density at radius 1 is 0.615 bits per heavy atom. The van der Waals surface area contributed by atoms with Crippen LogP contribution in [0.25, 0.3) is 0 Å². The minimum Gasteiger partial charge on any atom is -0.450 e. The van der Waals surface area contributed by atoms with Gasteiger partial charge in [0, 0.05) is 0 Å². The zero-order valence-electron chi connectivity index (χ0n) is 17.8. The van der Waals surface area contributed by atoms with Crippen molar-refractivity contribution in [3.63, 3.8) is 0 Å². The van der Waals surface area contributed by atoms with Crippen LogP contribution < -0.4 is 0 Å². The van der Waals surface area contributed by atoms with Gasteiger partial charge in [-0.3, -0.25) is 0 Å². The highest BCUT2D eigenvalue weighted by Gasteiger charge is 2.13. The van der Waals surface area contributed by atoms with E-state index in [1.807, 2.05) is 0 Å². The van der Waals surface area contributed by atoms with Crippen molar-refractivity contribution in [1.29, 1.82) is 0 Å². The lowest BCUT2D eigenvalue weighted by Crippen LogP contribution is -2.16. The first-order chi connectivity index (χ1) is 12.7. The fraction of sp³-hybridized carbons (Fsp3) is 0.957. The molecular weight excluding hydrogens is 324 g/mol. The van der Waals surface area contributed by atoms with Crippen molar-refractivity contribution < 1.29 is 14.6 Å². The normalized spacial score (nSPS) is 12.2. The maximum atomic E-state index is 10.9. The average Bonchev–Trinajstić information content (AvgIpc) is 2.61. The first-order valence-corrected chi connectivity index (χ1v) is 11.6. The van der Waals surface area contributed by atoms with Crippen LogP contribution in [0.3, 0.4) is 0 Å². The van der Waals surface area contributed by atoms with Crippen LogP contribution >= 0.6 is 0 Å². The maximum Gasteiger partial charge on any atom is 0.506 e. The topological polar surface area (TPSA) is 46.5 Å². The lowest BCUT2D eigenvalue weighted by atomic mass is 10.0. The van der Waals surface area contributed by atoms with Gasteiger partial charge in [0.05, 0.1) is 0 Å². The van der Waals surface area contributed by atoms with Gasteiger partial charge in [-0.15, -0.1) is 0 Å². The molecule has 3 nitrogen and oxygen atoms in total. The van der Waals surface area contributed by atoms with E-state index < -0.39 is 6.16 Å². The molecule has 0 saturated heterocycles. The second-order valence-electron chi connectivity index (χ2n) is 7.89. The molecule has 1 atom stereocenters. The van der Waals surface area contributed by atoms with Crippen LogP contribution in [0.2, 0.25) is 0 Å². The van der Waals surface area contributed by atoms with E-state index in [9.17, 15) is 4.79 Å². The Morgan fingerprint density at radius 3 is 1.23 bits per heavy atom. The summed E-state index contributed by atoms with van der Waals surface area (Å²) in [5.41, 5.74) is 0. The molecule has 0 aliphatic heterocycles. The SMILES string of the molecule is CCCCCCCCCCCC(CCCCCCCCCC)OC(=O)O. The molecule has 0 heterocycles. The highest BCUT2D eigenvalue weighted by atomic mass is 16.7. The molecule has 0 aromatic carbocycles. The monoisotopic (exact) mass is 370 g/mol. The van der Waals surface area contributed by atoms with E-state index in [1.54, 1.807) is 0 Å². The summed E-state index contributed by atoms with van der Waals surface area (Å²) in [6.45, 7) is 4.50. The van der Waals surface area contributed by atoms with Gasteiger partial charge in [0.25, 0.3) is 0 Å².